The number of esters is 1. The standard InChI is InChI=1S/C17H16N2O2/c1-3-11-4-6-12(7-5-11)16-18-14-9-8-13(17(20)21-2)10-15(14)19-16/h4-10H,3H2,1-2H3,(H,18,19). The first kappa shape index (κ1) is 13.4. The van der Waals surface area contributed by atoms with Gasteiger partial charge in [0, 0.05) is 5.56 Å². The van der Waals surface area contributed by atoms with Gasteiger partial charge in [0.05, 0.1) is 23.7 Å². The van der Waals surface area contributed by atoms with Crippen LogP contribution in [0.1, 0.15) is 22.8 Å². The highest BCUT2D eigenvalue weighted by Crippen LogP contribution is 2.22. The zero-order valence-corrected chi connectivity index (χ0v) is 12.0. The number of aromatic nitrogens is 2. The summed E-state index contributed by atoms with van der Waals surface area (Å²) < 4.78 is 4.73. The Balaban J connectivity index is 2.01. The SMILES string of the molecule is CCc1ccc(-c2nc3ccc(C(=O)OC)cc3[nH]2)cc1. The van der Waals surface area contributed by atoms with Gasteiger partial charge in [-0.2, -0.15) is 0 Å². The van der Waals surface area contributed by atoms with E-state index in [9.17, 15) is 4.79 Å². The lowest BCUT2D eigenvalue weighted by atomic mass is 10.1. The van der Waals surface area contributed by atoms with Crippen LogP contribution in [0, 0.1) is 0 Å². The molecular weight excluding hydrogens is 264 g/mol. The molecule has 0 unspecified atom stereocenters. The molecule has 0 radical (unpaired) electrons. The second-order valence-corrected chi connectivity index (χ2v) is 4.86. The highest BCUT2D eigenvalue weighted by Gasteiger charge is 2.09. The van der Waals surface area contributed by atoms with Crippen LogP contribution in [-0.4, -0.2) is 23.0 Å². The molecule has 4 heteroatoms. The van der Waals surface area contributed by atoms with Crippen molar-refractivity contribution in [2.45, 2.75) is 13.3 Å². The van der Waals surface area contributed by atoms with E-state index in [4.69, 9.17) is 4.74 Å². The molecule has 1 N–H and O–H groups in total. The third-order valence-electron chi connectivity index (χ3n) is 3.54. The Labute approximate surface area is 122 Å². The molecule has 21 heavy (non-hydrogen) atoms. The molecule has 0 spiro atoms. The van der Waals surface area contributed by atoms with E-state index in [2.05, 4.69) is 41.2 Å². The topological polar surface area (TPSA) is 55.0 Å². The van der Waals surface area contributed by atoms with Crippen LogP contribution in [0.5, 0.6) is 0 Å². The van der Waals surface area contributed by atoms with Gasteiger partial charge in [-0.05, 0) is 30.2 Å². The summed E-state index contributed by atoms with van der Waals surface area (Å²) in [5, 5.41) is 0. The predicted octanol–water partition coefficient (Wildman–Crippen LogP) is 3.58. The second kappa shape index (κ2) is 5.40. The largest absolute Gasteiger partial charge is 0.465 e. The molecule has 0 aliphatic carbocycles. The van der Waals surface area contributed by atoms with Crippen molar-refractivity contribution in [1.82, 2.24) is 9.97 Å². The molecular formula is C17H16N2O2. The van der Waals surface area contributed by atoms with Crippen molar-refractivity contribution in [2.75, 3.05) is 7.11 Å². The van der Waals surface area contributed by atoms with Gasteiger partial charge in [-0.1, -0.05) is 31.2 Å². The van der Waals surface area contributed by atoms with E-state index in [0.717, 1.165) is 28.8 Å². The van der Waals surface area contributed by atoms with E-state index in [1.54, 1.807) is 12.1 Å². The number of methoxy groups -OCH3 is 1. The Kier molecular flexibility index (Phi) is 3.44. The maximum atomic E-state index is 11.5. The van der Waals surface area contributed by atoms with Gasteiger partial charge in [0.2, 0.25) is 0 Å². The Morgan fingerprint density at radius 3 is 2.62 bits per heavy atom. The van der Waals surface area contributed by atoms with Crippen molar-refractivity contribution in [3.8, 4) is 11.4 Å². The van der Waals surface area contributed by atoms with E-state index in [0.29, 0.717) is 5.56 Å². The molecule has 0 saturated heterocycles. The Morgan fingerprint density at radius 2 is 1.95 bits per heavy atom. The van der Waals surface area contributed by atoms with Crippen molar-refractivity contribution in [3.05, 3.63) is 53.6 Å². The van der Waals surface area contributed by atoms with Crippen LogP contribution in [0.25, 0.3) is 22.4 Å². The van der Waals surface area contributed by atoms with E-state index >= 15 is 0 Å². The number of fused-ring (bicyclic) bond motifs is 1. The van der Waals surface area contributed by atoms with Gasteiger partial charge in [0.1, 0.15) is 5.82 Å². The molecule has 0 amide bonds. The van der Waals surface area contributed by atoms with Gasteiger partial charge in [-0.25, -0.2) is 9.78 Å². The highest BCUT2D eigenvalue weighted by atomic mass is 16.5. The van der Waals surface area contributed by atoms with Crippen molar-refractivity contribution in [1.29, 1.82) is 0 Å². The molecule has 1 heterocycles. The number of nitrogens with one attached hydrogen (secondary N) is 1. The number of carbonyl (C=O) groups is 1. The van der Waals surface area contributed by atoms with E-state index in [-0.39, 0.29) is 5.97 Å². The van der Waals surface area contributed by atoms with Crippen LogP contribution in [0.15, 0.2) is 42.5 Å². The Morgan fingerprint density at radius 1 is 1.19 bits per heavy atom. The van der Waals surface area contributed by atoms with Crippen LogP contribution in [0.3, 0.4) is 0 Å². The molecule has 0 fully saturated rings. The molecule has 1 aromatic heterocycles. The van der Waals surface area contributed by atoms with E-state index < -0.39 is 0 Å². The molecule has 0 atom stereocenters. The molecule has 3 rings (SSSR count). The molecule has 2 aromatic carbocycles. The smallest absolute Gasteiger partial charge is 0.337 e. The van der Waals surface area contributed by atoms with Crippen LogP contribution in [0.4, 0.5) is 0 Å². The van der Waals surface area contributed by atoms with Crippen LogP contribution in [-0.2, 0) is 11.2 Å². The summed E-state index contributed by atoms with van der Waals surface area (Å²) in [5.74, 6) is 0.454. The van der Waals surface area contributed by atoms with Crippen molar-refractivity contribution >= 4 is 17.0 Å². The number of imidazole rings is 1. The maximum Gasteiger partial charge on any atom is 0.337 e. The molecule has 0 aliphatic heterocycles. The lowest BCUT2D eigenvalue weighted by Gasteiger charge is -1.99. The highest BCUT2D eigenvalue weighted by molar-refractivity contribution is 5.94. The average molecular weight is 280 g/mol. The van der Waals surface area contributed by atoms with Crippen molar-refractivity contribution < 1.29 is 9.53 Å². The minimum Gasteiger partial charge on any atom is -0.465 e. The fourth-order valence-corrected chi connectivity index (χ4v) is 2.29. The van der Waals surface area contributed by atoms with Crippen LogP contribution < -0.4 is 0 Å². The Bertz CT molecular complexity index is 788. The van der Waals surface area contributed by atoms with E-state index in [1.807, 2.05) is 6.07 Å². The minimum absolute atomic E-state index is 0.347. The monoisotopic (exact) mass is 280 g/mol. The first-order valence-electron chi connectivity index (χ1n) is 6.88. The number of hydrogen-bond donors (Lipinski definition) is 1. The summed E-state index contributed by atoms with van der Waals surface area (Å²) in [6.07, 6.45) is 1.02. The molecule has 106 valence electrons. The fraction of sp³-hybridized carbons (Fsp3) is 0.176. The number of hydrogen-bond acceptors (Lipinski definition) is 3. The number of aromatic amines is 1. The summed E-state index contributed by atoms with van der Waals surface area (Å²) in [6.45, 7) is 2.13. The first-order valence-corrected chi connectivity index (χ1v) is 6.88. The second-order valence-electron chi connectivity index (χ2n) is 4.86. The van der Waals surface area contributed by atoms with Crippen LogP contribution >= 0.6 is 0 Å². The maximum absolute atomic E-state index is 11.5. The van der Waals surface area contributed by atoms with Gasteiger partial charge in [0.25, 0.3) is 0 Å². The molecule has 0 aliphatic rings. The minimum atomic E-state index is -0.347. The number of aryl methyl sites for hydroxylation is 1. The van der Waals surface area contributed by atoms with Crippen molar-refractivity contribution in [3.63, 3.8) is 0 Å². The molecule has 3 aromatic rings. The fourth-order valence-electron chi connectivity index (χ4n) is 2.29. The van der Waals surface area contributed by atoms with Crippen molar-refractivity contribution in [2.24, 2.45) is 0 Å². The third kappa shape index (κ3) is 2.52. The lowest BCUT2D eigenvalue weighted by molar-refractivity contribution is 0.0601. The number of carbonyl (C=O) groups excluding carboxylic acids is 1. The molecule has 0 saturated carbocycles. The van der Waals surface area contributed by atoms with Gasteiger partial charge in [-0.15, -0.1) is 0 Å². The summed E-state index contributed by atoms with van der Waals surface area (Å²) in [5.41, 5.74) is 4.50. The zero-order valence-electron chi connectivity index (χ0n) is 12.0. The van der Waals surface area contributed by atoms with Gasteiger partial charge >= 0.3 is 5.97 Å². The summed E-state index contributed by atoms with van der Waals surface area (Å²) in [7, 11) is 1.38. The summed E-state index contributed by atoms with van der Waals surface area (Å²) in [6, 6.07) is 13.6. The lowest BCUT2D eigenvalue weighted by Crippen LogP contribution is -2.00. The number of rotatable bonds is 3. The average Bonchev–Trinajstić information content (AvgIpc) is 2.97. The molecule has 0 bridgehead atoms. The Hall–Kier alpha value is -2.62. The number of ether oxygens (including phenoxy) is 1. The normalized spacial score (nSPS) is 10.8. The summed E-state index contributed by atoms with van der Waals surface area (Å²) >= 11 is 0. The number of nitrogens with zero attached hydrogens (tertiary/aromatic N) is 1. The summed E-state index contributed by atoms with van der Waals surface area (Å²) in [4.78, 5) is 19.4. The van der Waals surface area contributed by atoms with Crippen LogP contribution in [0.2, 0.25) is 0 Å². The molecule has 4 nitrogen and oxygen atoms in total. The predicted molar refractivity (Wildman–Crippen MR) is 82.2 cm³/mol. The van der Waals surface area contributed by atoms with Gasteiger partial charge < -0.3 is 9.72 Å². The van der Waals surface area contributed by atoms with Gasteiger partial charge in [0.15, 0.2) is 0 Å². The quantitative estimate of drug-likeness (QED) is 0.746. The van der Waals surface area contributed by atoms with Gasteiger partial charge in [-0.3, -0.25) is 0 Å². The number of benzene rings is 2. The first-order chi connectivity index (χ1) is 10.2. The third-order valence-corrected chi connectivity index (χ3v) is 3.54. The number of H-pyrrole nitrogens is 1. The van der Waals surface area contributed by atoms with E-state index in [1.165, 1.54) is 12.7 Å². The zero-order chi connectivity index (χ0) is 14.8.